The number of hydrogen-bond donors (Lipinski definition) is 1. The molecule has 1 aromatic rings. The molecular formula is C16H32O7Si2. The van der Waals surface area contributed by atoms with Gasteiger partial charge in [-0.25, -0.2) is 0 Å². The summed E-state index contributed by atoms with van der Waals surface area (Å²) in [7, 11) is 4.77. The van der Waals surface area contributed by atoms with Gasteiger partial charge in [-0.15, -0.1) is 0 Å². The second-order valence-electron chi connectivity index (χ2n) is 5.18. The molecule has 1 rings (SSSR count). The number of phenols is 1. The molecule has 0 amide bonds. The van der Waals surface area contributed by atoms with Crippen molar-refractivity contribution in [1.82, 2.24) is 0 Å². The van der Waals surface area contributed by atoms with Crippen LogP contribution in [0.3, 0.4) is 0 Å². The summed E-state index contributed by atoms with van der Waals surface area (Å²) in [5.74, 6) is 0.246. The van der Waals surface area contributed by atoms with Crippen LogP contribution in [0.4, 0.5) is 0 Å². The van der Waals surface area contributed by atoms with E-state index in [4.69, 9.17) is 26.6 Å². The molecule has 0 aliphatic carbocycles. The van der Waals surface area contributed by atoms with Crippen LogP contribution in [0.15, 0.2) is 24.3 Å². The van der Waals surface area contributed by atoms with Crippen LogP contribution >= 0.6 is 0 Å². The fraction of sp³-hybridized carbons (Fsp3) is 0.625. The highest BCUT2D eigenvalue weighted by atomic mass is 28.4. The summed E-state index contributed by atoms with van der Waals surface area (Å²) in [5.41, 5.74) is 1.04. The molecule has 25 heavy (non-hydrogen) atoms. The van der Waals surface area contributed by atoms with Crippen molar-refractivity contribution in [3.05, 3.63) is 29.8 Å². The highest BCUT2D eigenvalue weighted by Crippen LogP contribution is 2.29. The highest BCUT2D eigenvalue weighted by Gasteiger charge is 2.45. The summed E-state index contributed by atoms with van der Waals surface area (Å²) in [6.07, 6.45) is 0. The van der Waals surface area contributed by atoms with E-state index in [1.165, 1.54) is 0 Å². The summed E-state index contributed by atoms with van der Waals surface area (Å²) in [5, 5.41) is 9.23. The first-order valence-corrected chi connectivity index (χ1v) is 11.7. The lowest BCUT2D eigenvalue weighted by molar-refractivity contribution is 0.114. The maximum absolute atomic E-state index is 9.23. The predicted molar refractivity (Wildman–Crippen MR) is 101 cm³/mol. The van der Waals surface area contributed by atoms with Crippen molar-refractivity contribution in [3.63, 3.8) is 0 Å². The third kappa shape index (κ3) is 6.46. The first-order valence-electron chi connectivity index (χ1n) is 7.93. The molecule has 0 aliphatic rings. The Balaban J connectivity index is 0.000000547. The zero-order chi connectivity index (χ0) is 19.5. The van der Waals surface area contributed by atoms with Crippen LogP contribution in [0.2, 0.25) is 6.04 Å². The van der Waals surface area contributed by atoms with Gasteiger partial charge in [-0.3, -0.25) is 0 Å². The van der Waals surface area contributed by atoms with Gasteiger partial charge in [-0.2, -0.15) is 0 Å². The monoisotopic (exact) mass is 392 g/mol. The first kappa shape index (κ1) is 24.2. The van der Waals surface area contributed by atoms with Crippen LogP contribution in [0.25, 0.3) is 0 Å². The number of rotatable bonds is 9. The van der Waals surface area contributed by atoms with Gasteiger partial charge in [0.05, 0.1) is 5.54 Å². The van der Waals surface area contributed by atoms with Crippen molar-refractivity contribution in [2.75, 3.05) is 42.7 Å². The zero-order valence-electron chi connectivity index (χ0n) is 16.5. The van der Waals surface area contributed by atoms with E-state index in [0.29, 0.717) is 0 Å². The molecule has 9 heteroatoms. The Morgan fingerprint density at radius 2 is 1.20 bits per heavy atom. The molecule has 0 bridgehead atoms. The third-order valence-electron chi connectivity index (χ3n) is 4.14. The minimum Gasteiger partial charge on any atom is -0.508 e. The van der Waals surface area contributed by atoms with Gasteiger partial charge in [0.15, 0.2) is 0 Å². The molecule has 146 valence electrons. The molecule has 0 saturated carbocycles. The van der Waals surface area contributed by atoms with Gasteiger partial charge in [-0.05, 0) is 17.7 Å². The second kappa shape index (κ2) is 11.8. The number of benzene rings is 1. The lowest BCUT2D eigenvalue weighted by atomic mass is 10.1. The van der Waals surface area contributed by atoms with Crippen LogP contribution in [0.5, 0.6) is 5.75 Å². The lowest BCUT2D eigenvalue weighted by Crippen LogP contribution is -2.48. The fourth-order valence-corrected chi connectivity index (χ4v) is 5.96. The molecule has 0 spiro atoms. The highest BCUT2D eigenvalue weighted by molar-refractivity contribution is 6.62. The molecule has 1 atom stereocenters. The molecule has 0 heterocycles. The van der Waals surface area contributed by atoms with E-state index in [-0.39, 0.29) is 11.3 Å². The lowest BCUT2D eigenvalue weighted by Gasteiger charge is -2.30. The van der Waals surface area contributed by atoms with E-state index in [1.807, 2.05) is 26.0 Å². The van der Waals surface area contributed by atoms with E-state index in [1.54, 1.807) is 54.8 Å². The average Bonchev–Trinajstić information content (AvgIpc) is 2.67. The van der Waals surface area contributed by atoms with Gasteiger partial charge in [-0.1, -0.05) is 26.0 Å². The van der Waals surface area contributed by atoms with Crippen molar-refractivity contribution in [1.29, 1.82) is 0 Å². The van der Waals surface area contributed by atoms with Crippen molar-refractivity contribution in [2.24, 2.45) is 0 Å². The summed E-state index contributed by atoms with van der Waals surface area (Å²) in [6.45, 7) is 3.98. The number of aromatic hydroxyl groups is 1. The van der Waals surface area contributed by atoms with Crippen LogP contribution in [0, 0.1) is 0 Å². The Labute approximate surface area is 153 Å². The van der Waals surface area contributed by atoms with Crippen molar-refractivity contribution in [3.8, 4) is 5.75 Å². The largest absolute Gasteiger partial charge is 0.508 e. The third-order valence-corrected chi connectivity index (χ3v) is 9.98. The molecule has 0 aliphatic heterocycles. The first-order chi connectivity index (χ1) is 11.8. The minimum atomic E-state index is -2.66. The van der Waals surface area contributed by atoms with Gasteiger partial charge in [0.25, 0.3) is 0 Å². The maximum atomic E-state index is 9.23. The van der Waals surface area contributed by atoms with Gasteiger partial charge in [0.1, 0.15) is 5.75 Å². The summed E-state index contributed by atoms with van der Waals surface area (Å²) >= 11 is 0. The van der Waals surface area contributed by atoms with Gasteiger partial charge < -0.3 is 31.7 Å². The molecule has 0 saturated heterocycles. The SMILES string of the molecule is CC[Si](OC)(OC)OC.CO[Si](OC)(OC)C(C)c1ccc(O)cc1. The molecule has 1 aromatic carbocycles. The smallest absolute Gasteiger partial charge is 0.507 e. The normalized spacial score (nSPS) is 13.1. The van der Waals surface area contributed by atoms with E-state index < -0.39 is 17.6 Å². The fourth-order valence-electron chi connectivity index (χ4n) is 2.43. The van der Waals surface area contributed by atoms with Crippen molar-refractivity contribution >= 4 is 17.6 Å². The Bertz CT molecular complexity index is 436. The Hall–Kier alpha value is -0.786. The van der Waals surface area contributed by atoms with Crippen molar-refractivity contribution < 1.29 is 31.7 Å². The quantitative estimate of drug-likeness (QED) is 0.648. The van der Waals surface area contributed by atoms with E-state index in [2.05, 4.69) is 0 Å². The van der Waals surface area contributed by atoms with Crippen molar-refractivity contribution in [2.45, 2.75) is 25.4 Å². The molecule has 7 nitrogen and oxygen atoms in total. The summed E-state index contributed by atoms with van der Waals surface area (Å²) in [6, 6.07) is 7.80. The minimum absolute atomic E-state index is 0.0214. The summed E-state index contributed by atoms with van der Waals surface area (Å²) < 4.78 is 31.5. The average molecular weight is 393 g/mol. The molecular weight excluding hydrogens is 360 g/mol. The molecule has 0 aromatic heterocycles. The van der Waals surface area contributed by atoms with Crippen LogP contribution in [-0.2, 0) is 26.6 Å². The van der Waals surface area contributed by atoms with Crippen LogP contribution < -0.4 is 0 Å². The van der Waals surface area contributed by atoms with Gasteiger partial charge >= 0.3 is 17.6 Å². The summed E-state index contributed by atoms with van der Waals surface area (Å²) in [4.78, 5) is 0. The standard InChI is InChI=1S/C11H18O4Si.C5H14O3Si/c1-9(16(13-2,14-3)15-4)10-5-7-11(12)8-6-10;1-5-9(6-2,7-3)8-4/h5-9,12H,1-4H3;5H2,1-4H3. The number of phenolic OH excluding ortho intramolecular Hbond substituents is 1. The topological polar surface area (TPSA) is 75.6 Å². The molecule has 1 unspecified atom stereocenters. The molecule has 0 radical (unpaired) electrons. The Kier molecular flexibility index (Phi) is 11.4. The molecule has 0 fully saturated rings. The van der Waals surface area contributed by atoms with Gasteiger partial charge in [0, 0.05) is 48.7 Å². The van der Waals surface area contributed by atoms with E-state index in [0.717, 1.165) is 11.6 Å². The molecule has 1 N–H and O–H groups in total. The van der Waals surface area contributed by atoms with Crippen LogP contribution in [0.1, 0.15) is 25.0 Å². The Morgan fingerprint density at radius 1 is 0.800 bits per heavy atom. The van der Waals surface area contributed by atoms with E-state index in [9.17, 15) is 5.11 Å². The van der Waals surface area contributed by atoms with Gasteiger partial charge in [0.2, 0.25) is 0 Å². The maximum Gasteiger partial charge on any atom is 0.507 e. The zero-order valence-corrected chi connectivity index (χ0v) is 18.5. The second-order valence-corrected chi connectivity index (χ2v) is 11.8. The predicted octanol–water partition coefficient (Wildman–Crippen LogP) is 2.80. The Morgan fingerprint density at radius 3 is 1.44 bits per heavy atom. The van der Waals surface area contributed by atoms with E-state index >= 15 is 0 Å². The number of hydrogen-bond acceptors (Lipinski definition) is 7. The van der Waals surface area contributed by atoms with Crippen LogP contribution in [-0.4, -0.2) is 65.4 Å².